The average Bonchev–Trinajstić information content (AvgIpc) is 3.25. The van der Waals surface area contributed by atoms with E-state index in [1.807, 2.05) is 6.92 Å². The maximum atomic E-state index is 13.7. The molecule has 0 bridgehead atoms. The van der Waals surface area contributed by atoms with Crippen molar-refractivity contribution in [2.24, 2.45) is 0 Å². The summed E-state index contributed by atoms with van der Waals surface area (Å²) in [5.74, 6) is -4.41. The number of carbonyl (C=O) groups excluding carboxylic acids is 5. The number of nitro groups is 1. The number of rotatable bonds is 8. The molecule has 13 heteroatoms. The van der Waals surface area contributed by atoms with Gasteiger partial charge in [-0.05, 0) is 67.6 Å². The first-order chi connectivity index (χ1) is 21.0. The van der Waals surface area contributed by atoms with Gasteiger partial charge in [0.2, 0.25) is 0 Å². The molecule has 1 heterocycles. The number of nitrogens with zero attached hydrogens (tertiary/aromatic N) is 3. The first-order valence-corrected chi connectivity index (χ1v) is 13.6. The number of carbonyl (C=O) groups is 5. The van der Waals surface area contributed by atoms with Crippen LogP contribution in [0.3, 0.4) is 0 Å². The molecule has 0 spiro atoms. The molecule has 0 radical (unpaired) electrons. The van der Waals surface area contributed by atoms with Gasteiger partial charge in [0.25, 0.3) is 23.4 Å². The molecule has 220 valence electrons. The molecular formula is C31H19Cl2N3O8. The third-order valence-electron chi connectivity index (χ3n) is 6.67. The third-order valence-corrected chi connectivity index (χ3v) is 7.22. The average molecular weight is 632 g/mol. The number of imide groups is 1. The van der Waals surface area contributed by atoms with Crippen molar-refractivity contribution >= 4 is 58.4 Å². The maximum absolute atomic E-state index is 13.7. The summed E-state index contributed by atoms with van der Waals surface area (Å²) < 4.78 is 5.36. The topological polar surface area (TPSA) is 144 Å². The molecule has 5 rings (SSSR count). The third kappa shape index (κ3) is 5.78. The van der Waals surface area contributed by atoms with E-state index in [0.29, 0.717) is 15.6 Å². The molecule has 0 saturated heterocycles. The number of benzene rings is 4. The second kappa shape index (κ2) is 12.1. The van der Waals surface area contributed by atoms with Crippen LogP contribution in [0.15, 0.2) is 84.9 Å². The number of hydrazine groups is 1. The summed E-state index contributed by atoms with van der Waals surface area (Å²) in [6.45, 7) is 1.04. The predicted molar refractivity (Wildman–Crippen MR) is 158 cm³/mol. The summed E-state index contributed by atoms with van der Waals surface area (Å²) >= 11 is 12.2. The number of Topliss-reactive ketones (excluding diaryl/α,β-unsaturated/α-hetero) is 1. The summed E-state index contributed by atoms with van der Waals surface area (Å²) in [7, 11) is 0. The van der Waals surface area contributed by atoms with Crippen molar-refractivity contribution in [3.05, 3.63) is 138 Å². The van der Waals surface area contributed by atoms with Crippen LogP contribution in [0.25, 0.3) is 0 Å². The lowest BCUT2D eigenvalue weighted by molar-refractivity contribution is -0.385. The molecule has 44 heavy (non-hydrogen) atoms. The normalized spacial score (nSPS) is 12.1. The summed E-state index contributed by atoms with van der Waals surface area (Å²) in [6, 6.07) is 19.5. The number of nitro benzene ring substituents is 1. The fourth-order valence-electron chi connectivity index (χ4n) is 4.45. The van der Waals surface area contributed by atoms with Gasteiger partial charge in [0.05, 0.1) is 26.6 Å². The first-order valence-electron chi connectivity index (χ1n) is 12.8. The van der Waals surface area contributed by atoms with Gasteiger partial charge in [0.1, 0.15) is 17.9 Å². The number of hydrogen-bond donors (Lipinski definition) is 0. The first kappa shape index (κ1) is 30.1. The standard InChI is InChI=1S/C31H19Cl2N3O8/c1-17-5-7-19(8-6-17)31(41)44-21-12-9-18(10-13-21)26(37)16-34(28(38)22-14-11-20(32)15-24(22)33)35-29(39)23-3-2-4-25(36(42)43)27(23)30(35)40/h2-15H,16H2,1H3. The molecule has 3 amide bonds. The van der Waals surface area contributed by atoms with Crippen molar-refractivity contribution in [3.63, 3.8) is 0 Å². The second-order valence-electron chi connectivity index (χ2n) is 9.57. The number of ether oxygens (including phenoxy) is 1. The van der Waals surface area contributed by atoms with Crippen molar-refractivity contribution in [2.75, 3.05) is 6.54 Å². The monoisotopic (exact) mass is 631 g/mol. The second-order valence-corrected chi connectivity index (χ2v) is 10.4. The van der Waals surface area contributed by atoms with Gasteiger partial charge in [-0.2, -0.15) is 5.01 Å². The minimum atomic E-state index is -1.16. The van der Waals surface area contributed by atoms with E-state index in [1.165, 1.54) is 54.6 Å². The Bertz CT molecular complexity index is 1870. The van der Waals surface area contributed by atoms with E-state index in [-0.39, 0.29) is 32.5 Å². The zero-order valence-corrected chi connectivity index (χ0v) is 24.2. The van der Waals surface area contributed by atoms with E-state index in [1.54, 1.807) is 24.3 Å². The number of ketones is 1. The number of aryl methyl sites for hydroxylation is 1. The van der Waals surface area contributed by atoms with Gasteiger partial charge in [0.15, 0.2) is 5.78 Å². The van der Waals surface area contributed by atoms with E-state index in [2.05, 4.69) is 0 Å². The van der Waals surface area contributed by atoms with Crippen LogP contribution in [-0.2, 0) is 0 Å². The smallest absolute Gasteiger partial charge is 0.343 e. The molecule has 11 nitrogen and oxygen atoms in total. The number of esters is 1. The number of amides is 3. The highest BCUT2D eigenvalue weighted by Crippen LogP contribution is 2.33. The molecule has 0 N–H and O–H groups in total. The van der Waals surface area contributed by atoms with Gasteiger partial charge in [-0.15, -0.1) is 0 Å². The Labute approximate surface area is 259 Å². The summed E-state index contributed by atoms with van der Waals surface area (Å²) in [5, 5.41) is 12.6. The van der Waals surface area contributed by atoms with Crippen LogP contribution in [0.2, 0.25) is 10.0 Å². The van der Waals surface area contributed by atoms with Crippen LogP contribution in [0.4, 0.5) is 5.69 Å². The van der Waals surface area contributed by atoms with Gasteiger partial charge in [0, 0.05) is 16.7 Å². The molecule has 1 aliphatic rings. The molecule has 4 aromatic rings. The largest absolute Gasteiger partial charge is 0.423 e. The molecule has 4 aromatic carbocycles. The van der Waals surface area contributed by atoms with Crippen molar-refractivity contribution < 1.29 is 33.6 Å². The van der Waals surface area contributed by atoms with Gasteiger partial charge in [-0.3, -0.25) is 29.3 Å². The Morgan fingerprint density at radius 1 is 0.886 bits per heavy atom. The zero-order valence-electron chi connectivity index (χ0n) is 22.7. The van der Waals surface area contributed by atoms with Crippen molar-refractivity contribution in [2.45, 2.75) is 6.92 Å². The van der Waals surface area contributed by atoms with Gasteiger partial charge >= 0.3 is 5.97 Å². The van der Waals surface area contributed by atoms with E-state index < -0.39 is 52.2 Å². The van der Waals surface area contributed by atoms with Crippen LogP contribution in [0, 0.1) is 17.0 Å². The lowest BCUT2D eigenvalue weighted by Crippen LogP contribution is -2.51. The summed E-state index contributed by atoms with van der Waals surface area (Å²) in [5.41, 5.74) is -0.314. The summed E-state index contributed by atoms with van der Waals surface area (Å²) in [6.07, 6.45) is 0. The Hall–Kier alpha value is -5.39. The Morgan fingerprint density at radius 2 is 1.55 bits per heavy atom. The Morgan fingerprint density at radius 3 is 2.18 bits per heavy atom. The van der Waals surface area contributed by atoms with E-state index in [0.717, 1.165) is 11.6 Å². The lowest BCUT2D eigenvalue weighted by atomic mass is 10.1. The quantitative estimate of drug-likeness (QED) is 0.0578. The molecule has 0 atom stereocenters. The molecule has 0 fully saturated rings. The maximum Gasteiger partial charge on any atom is 0.343 e. The van der Waals surface area contributed by atoms with Crippen LogP contribution < -0.4 is 4.74 Å². The minimum Gasteiger partial charge on any atom is -0.423 e. The van der Waals surface area contributed by atoms with E-state index >= 15 is 0 Å². The van der Waals surface area contributed by atoms with Crippen molar-refractivity contribution in [1.82, 2.24) is 10.0 Å². The fourth-order valence-corrected chi connectivity index (χ4v) is 4.94. The highest BCUT2D eigenvalue weighted by molar-refractivity contribution is 6.37. The SMILES string of the molecule is Cc1ccc(C(=O)Oc2ccc(C(=O)CN(C(=O)c3ccc(Cl)cc3Cl)N3C(=O)c4cccc([N+](=O)[O-])c4C3=O)cc2)cc1. The highest BCUT2D eigenvalue weighted by atomic mass is 35.5. The molecule has 0 unspecified atom stereocenters. The Balaban J connectivity index is 1.44. The number of hydrogen-bond acceptors (Lipinski definition) is 8. The molecule has 0 aromatic heterocycles. The Kier molecular flexibility index (Phi) is 8.26. The summed E-state index contributed by atoms with van der Waals surface area (Å²) in [4.78, 5) is 77.2. The zero-order chi connectivity index (χ0) is 31.7. The van der Waals surface area contributed by atoms with Crippen LogP contribution in [0.1, 0.15) is 57.4 Å². The molecule has 0 saturated carbocycles. The fraction of sp³-hybridized carbons (Fsp3) is 0.0645. The molecular weight excluding hydrogens is 613 g/mol. The lowest BCUT2D eigenvalue weighted by Gasteiger charge is -2.29. The van der Waals surface area contributed by atoms with Gasteiger partial charge in [-0.1, -0.05) is 47.0 Å². The molecule has 1 aliphatic heterocycles. The highest BCUT2D eigenvalue weighted by Gasteiger charge is 2.46. The minimum absolute atomic E-state index is 0.0442. The number of halogens is 2. The van der Waals surface area contributed by atoms with E-state index in [9.17, 15) is 34.1 Å². The van der Waals surface area contributed by atoms with Crippen molar-refractivity contribution in [1.29, 1.82) is 0 Å². The number of fused-ring (bicyclic) bond motifs is 1. The van der Waals surface area contributed by atoms with E-state index in [4.69, 9.17) is 27.9 Å². The predicted octanol–water partition coefficient (Wildman–Crippen LogP) is 5.97. The van der Waals surface area contributed by atoms with Crippen LogP contribution in [0.5, 0.6) is 5.75 Å². The molecule has 0 aliphatic carbocycles. The van der Waals surface area contributed by atoms with Gasteiger partial charge < -0.3 is 4.74 Å². The van der Waals surface area contributed by atoms with Gasteiger partial charge in [-0.25, -0.2) is 9.80 Å². The van der Waals surface area contributed by atoms with Crippen LogP contribution in [-0.4, -0.2) is 51.0 Å². The van der Waals surface area contributed by atoms with Crippen LogP contribution >= 0.6 is 23.2 Å². The van der Waals surface area contributed by atoms with Crippen molar-refractivity contribution in [3.8, 4) is 5.75 Å².